The highest BCUT2D eigenvalue weighted by Gasteiger charge is 2.11. The van der Waals surface area contributed by atoms with Gasteiger partial charge in [0.1, 0.15) is 17.3 Å². The zero-order valence-corrected chi connectivity index (χ0v) is 11.4. The predicted octanol–water partition coefficient (Wildman–Crippen LogP) is 1.00. The number of hydrogen-bond acceptors (Lipinski definition) is 5. The Bertz CT molecular complexity index is 544. The van der Waals surface area contributed by atoms with Crippen LogP contribution in [0.1, 0.15) is 5.82 Å². The quantitative estimate of drug-likeness (QED) is 0.870. The van der Waals surface area contributed by atoms with Crippen molar-refractivity contribution in [2.45, 2.75) is 6.42 Å². The van der Waals surface area contributed by atoms with E-state index in [0.29, 0.717) is 30.3 Å². The van der Waals surface area contributed by atoms with Crippen LogP contribution in [0.3, 0.4) is 0 Å². The van der Waals surface area contributed by atoms with E-state index in [9.17, 15) is 0 Å². The topological polar surface area (TPSA) is 75.2 Å². The van der Waals surface area contributed by atoms with Crippen LogP contribution in [-0.2, 0) is 13.5 Å². The average molecular weight is 262 g/mol. The van der Waals surface area contributed by atoms with E-state index in [1.165, 1.54) is 0 Å². The summed E-state index contributed by atoms with van der Waals surface area (Å²) in [5.41, 5.74) is 6.40. The van der Waals surface area contributed by atoms with Crippen LogP contribution in [0.4, 0.5) is 0 Å². The van der Waals surface area contributed by atoms with Gasteiger partial charge in [-0.3, -0.25) is 4.68 Å². The zero-order chi connectivity index (χ0) is 13.8. The van der Waals surface area contributed by atoms with Gasteiger partial charge in [0.2, 0.25) is 0 Å². The summed E-state index contributed by atoms with van der Waals surface area (Å²) in [6, 6.07) is 5.57. The largest absolute Gasteiger partial charge is 0.497 e. The molecule has 0 aliphatic rings. The van der Waals surface area contributed by atoms with Crippen molar-refractivity contribution in [1.82, 2.24) is 14.8 Å². The Labute approximate surface area is 112 Å². The van der Waals surface area contributed by atoms with Gasteiger partial charge in [0, 0.05) is 25.1 Å². The van der Waals surface area contributed by atoms with Crippen molar-refractivity contribution in [3.8, 4) is 22.9 Å². The molecule has 0 spiro atoms. The number of benzene rings is 1. The summed E-state index contributed by atoms with van der Waals surface area (Å²) in [5, 5.41) is 4.39. The number of nitrogens with zero attached hydrogens (tertiary/aromatic N) is 3. The van der Waals surface area contributed by atoms with E-state index < -0.39 is 0 Å². The van der Waals surface area contributed by atoms with Gasteiger partial charge in [-0.1, -0.05) is 0 Å². The van der Waals surface area contributed by atoms with Crippen LogP contribution in [0.5, 0.6) is 11.5 Å². The van der Waals surface area contributed by atoms with E-state index >= 15 is 0 Å². The lowest BCUT2D eigenvalue weighted by molar-refractivity contribution is 0.394. The molecule has 0 aliphatic heterocycles. The number of nitrogens with two attached hydrogens (primary N) is 1. The first kappa shape index (κ1) is 13.4. The summed E-state index contributed by atoms with van der Waals surface area (Å²) in [6.07, 6.45) is 0.699. The predicted molar refractivity (Wildman–Crippen MR) is 72.3 cm³/mol. The number of aromatic nitrogens is 3. The molecule has 102 valence electrons. The summed E-state index contributed by atoms with van der Waals surface area (Å²) in [6.45, 7) is 0.549. The first-order valence-corrected chi connectivity index (χ1v) is 6.01. The van der Waals surface area contributed by atoms with E-state index in [1.807, 2.05) is 25.2 Å². The Hall–Kier alpha value is -2.08. The molecule has 0 amide bonds. The van der Waals surface area contributed by atoms with Gasteiger partial charge in [0.25, 0.3) is 0 Å². The second-order valence-corrected chi connectivity index (χ2v) is 4.12. The third-order valence-electron chi connectivity index (χ3n) is 2.83. The molecule has 6 nitrogen and oxygen atoms in total. The van der Waals surface area contributed by atoms with Crippen molar-refractivity contribution in [1.29, 1.82) is 0 Å². The van der Waals surface area contributed by atoms with E-state index in [-0.39, 0.29) is 0 Å². The fraction of sp³-hybridized carbons (Fsp3) is 0.385. The van der Waals surface area contributed by atoms with Crippen LogP contribution >= 0.6 is 0 Å². The highest BCUT2D eigenvalue weighted by Crippen LogP contribution is 2.28. The highest BCUT2D eigenvalue weighted by atomic mass is 16.5. The Kier molecular flexibility index (Phi) is 4.01. The van der Waals surface area contributed by atoms with Gasteiger partial charge in [-0.2, -0.15) is 5.10 Å². The third-order valence-corrected chi connectivity index (χ3v) is 2.83. The van der Waals surface area contributed by atoms with Crippen LogP contribution in [0.25, 0.3) is 11.4 Å². The van der Waals surface area contributed by atoms with Gasteiger partial charge in [0.15, 0.2) is 5.82 Å². The Balaban J connectivity index is 2.42. The monoisotopic (exact) mass is 262 g/mol. The molecule has 2 aromatic rings. The van der Waals surface area contributed by atoms with Gasteiger partial charge in [-0.05, 0) is 18.7 Å². The minimum atomic E-state index is 0.549. The maximum atomic E-state index is 5.55. The van der Waals surface area contributed by atoms with Crippen molar-refractivity contribution in [2.24, 2.45) is 12.8 Å². The molecule has 0 atom stereocenters. The van der Waals surface area contributed by atoms with Gasteiger partial charge < -0.3 is 15.2 Å². The summed E-state index contributed by atoms with van der Waals surface area (Å²) in [4.78, 5) is 4.48. The van der Waals surface area contributed by atoms with E-state index in [2.05, 4.69) is 10.1 Å². The Morgan fingerprint density at radius 1 is 1.16 bits per heavy atom. The lowest BCUT2D eigenvalue weighted by Gasteiger charge is -2.06. The molecule has 19 heavy (non-hydrogen) atoms. The minimum absolute atomic E-state index is 0.549. The second-order valence-electron chi connectivity index (χ2n) is 4.12. The van der Waals surface area contributed by atoms with Crippen LogP contribution in [0, 0.1) is 0 Å². The molecule has 0 saturated carbocycles. The number of hydrogen-bond donors (Lipinski definition) is 1. The van der Waals surface area contributed by atoms with Crippen LogP contribution in [0.15, 0.2) is 18.2 Å². The number of aryl methyl sites for hydroxylation is 1. The maximum absolute atomic E-state index is 5.55. The smallest absolute Gasteiger partial charge is 0.181 e. The van der Waals surface area contributed by atoms with Gasteiger partial charge in [0.05, 0.1) is 14.2 Å². The van der Waals surface area contributed by atoms with Crippen molar-refractivity contribution in [3.63, 3.8) is 0 Å². The second kappa shape index (κ2) is 5.71. The molecule has 2 N–H and O–H groups in total. The molecule has 0 radical (unpaired) electrons. The lowest BCUT2D eigenvalue weighted by Crippen LogP contribution is -2.08. The van der Waals surface area contributed by atoms with Crippen molar-refractivity contribution < 1.29 is 9.47 Å². The molecule has 1 heterocycles. The molecule has 0 aliphatic carbocycles. The molecule has 0 saturated heterocycles. The van der Waals surface area contributed by atoms with Crippen LogP contribution < -0.4 is 15.2 Å². The Morgan fingerprint density at radius 3 is 2.32 bits per heavy atom. The number of ether oxygens (including phenoxy) is 2. The summed E-state index contributed by atoms with van der Waals surface area (Å²) in [7, 11) is 5.09. The highest BCUT2D eigenvalue weighted by molar-refractivity contribution is 5.60. The molecular weight excluding hydrogens is 244 g/mol. The summed E-state index contributed by atoms with van der Waals surface area (Å²) >= 11 is 0. The van der Waals surface area contributed by atoms with Gasteiger partial charge in [-0.25, -0.2) is 4.98 Å². The molecule has 2 rings (SSSR count). The first-order valence-electron chi connectivity index (χ1n) is 6.01. The minimum Gasteiger partial charge on any atom is -0.497 e. The van der Waals surface area contributed by atoms with Crippen LogP contribution in [0.2, 0.25) is 0 Å². The SMILES string of the molecule is COc1cc(OC)cc(-c2nc(CCN)n(C)n2)c1. The molecule has 0 fully saturated rings. The Morgan fingerprint density at radius 2 is 1.79 bits per heavy atom. The molecular formula is C13H18N4O2. The lowest BCUT2D eigenvalue weighted by atomic mass is 10.2. The fourth-order valence-corrected chi connectivity index (χ4v) is 1.82. The molecule has 0 unspecified atom stereocenters. The molecule has 1 aromatic heterocycles. The number of rotatable bonds is 5. The summed E-state index contributed by atoms with van der Waals surface area (Å²) in [5.74, 6) is 2.92. The molecule has 6 heteroatoms. The van der Waals surface area contributed by atoms with Crippen LogP contribution in [-0.4, -0.2) is 35.5 Å². The maximum Gasteiger partial charge on any atom is 0.181 e. The third kappa shape index (κ3) is 2.85. The van der Waals surface area contributed by atoms with E-state index in [0.717, 1.165) is 11.4 Å². The number of methoxy groups -OCH3 is 2. The van der Waals surface area contributed by atoms with Crippen molar-refractivity contribution >= 4 is 0 Å². The van der Waals surface area contributed by atoms with Crippen molar-refractivity contribution in [3.05, 3.63) is 24.0 Å². The van der Waals surface area contributed by atoms with E-state index in [4.69, 9.17) is 15.2 Å². The average Bonchev–Trinajstić information content (AvgIpc) is 2.80. The van der Waals surface area contributed by atoms with Crippen molar-refractivity contribution in [2.75, 3.05) is 20.8 Å². The normalized spacial score (nSPS) is 10.5. The zero-order valence-electron chi connectivity index (χ0n) is 11.4. The molecule has 0 bridgehead atoms. The first-order chi connectivity index (χ1) is 9.17. The molecule has 1 aromatic carbocycles. The van der Waals surface area contributed by atoms with Gasteiger partial charge in [-0.15, -0.1) is 0 Å². The van der Waals surface area contributed by atoms with E-state index in [1.54, 1.807) is 18.9 Å². The standard InChI is InChI=1S/C13H18N4O2/c1-17-12(4-5-14)15-13(16-17)9-6-10(18-2)8-11(7-9)19-3/h6-8H,4-5,14H2,1-3H3. The fourth-order valence-electron chi connectivity index (χ4n) is 1.82. The summed E-state index contributed by atoms with van der Waals surface area (Å²) < 4.78 is 12.2. The van der Waals surface area contributed by atoms with Gasteiger partial charge >= 0.3 is 0 Å².